The molecule has 0 saturated heterocycles. The minimum Gasteiger partial charge on any atom is -0.357 e. The van der Waals surface area contributed by atoms with Crippen LogP contribution >= 0.6 is 0 Å². The van der Waals surface area contributed by atoms with E-state index in [9.17, 15) is 4.79 Å². The molecule has 0 fully saturated rings. The maximum Gasteiger partial charge on any atom is 0.251 e. The van der Waals surface area contributed by atoms with Crippen molar-refractivity contribution in [3.8, 4) is 0 Å². The van der Waals surface area contributed by atoms with Crippen molar-refractivity contribution in [2.24, 2.45) is 4.99 Å². The van der Waals surface area contributed by atoms with Gasteiger partial charge in [0.2, 0.25) is 0 Å². The second-order valence-corrected chi connectivity index (χ2v) is 5.75. The number of carbonyl (C=O) groups is 1. The third-order valence-corrected chi connectivity index (χ3v) is 3.69. The lowest BCUT2D eigenvalue weighted by molar-refractivity contribution is 0.0955. The van der Waals surface area contributed by atoms with Gasteiger partial charge < -0.3 is 16.0 Å². The van der Waals surface area contributed by atoms with Crippen molar-refractivity contribution in [2.45, 2.75) is 26.8 Å². The summed E-state index contributed by atoms with van der Waals surface area (Å²) in [6.45, 7) is 6.60. The second kappa shape index (κ2) is 10.9. The van der Waals surface area contributed by atoms with E-state index >= 15 is 0 Å². The molecule has 2 aromatic rings. The SMILES string of the molecule is CCNC(=O)c1cccc(CN=C(NCC)NCCc2ccccn2)c1. The average Bonchev–Trinajstić information content (AvgIpc) is 2.67. The molecule has 0 radical (unpaired) electrons. The number of hydrogen-bond donors (Lipinski definition) is 3. The Hall–Kier alpha value is -2.89. The molecule has 2 rings (SSSR count). The summed E-state index contributed by atoms with van der Waals surface area (Å²) >= 11 is 0. The number of amides is 1. The second-order valence-electron chi connectivity index (χ2n) is 5.75. The maximum absolute atomic E-state index is 11.9. The molecule has 6 heteroatoms. The van der Waals surface area contributed by atoms with Crippen LogP contribution in [0.4, 0.5) is 0 Å². The van der Waals surface area contributed by atoms with E-state index in [1.807, 2.05) is 56.3 Å². The molecule has 1 aromatic heterocycles. The number of benzene rings is 1. The number of hydrogen-bond acceptors (Lipinski definition) is 3. The number of aliphatic imine (C=N–C) groups is 1. The topological polar surface area (TPSA) is 78.4 Å². The Bertz CT molecular complexity index is 715. The predicted octanol–water partition coefficient (Wildman–Crippen LogP) is 2.13. The largest absolute Gasteiger partial charge is 0.357 e. The molecule has 0 spiro atoms. The van der Waals surface area contributed by atoms with Gasteiger partial charge in [0.05, 0.1) is 6.54 Å². The van der Waals surface area contributed by atoms with Crippen LogP contribution in [0, 0.1) is 0 Å². The molecule has 0 unspecified atom stereocenters. The van der Waals surface area contributed by atoms with Gasteiger partial charge in [-0.1, -0.05) is 18.2 Å². The Balaban J connectivity index is 1.93. The number of nitrogens with one attached hydrogen (secondary N) is 3. The van der Waals surface area contributed by atoms with Crippen LogP contribution < -0.4 is 16.0 Å². The molecule has 1 heterocycles. The van der Waals surface area contributed by atoms with E-state index in [2.05, 4.69) is 25.9 Å². The third-order valence-electron chi connectivity index (χ3n) is 3.69. The van der Waals surface area contributed by atoms with Gasteiger partial charge >= 0.3 is 0 Å². The van der Waals surface area contributed by atoms with Crippen molar-refractivity contribution in [1.82, 2.24) is 20.9 Å². The molecule has 26 heavy (non-hydrogen) atoms. The van der Waals surface area contributed by atoms with E-state index < -0.39 is 0 Å². The van der Waals surface area contributed by atoms with E-state index in [0.717, 1.165) is 36.7 Å². The Morgan fingerprint density at radius 1 is 1.04 bits per heavy atom. The molecule has 0 aliphatic heterocycles. The first-order valence-electron chi connectivity index (χ1n) is 9.02. The summed E-state index contributed by atoms with van der Waals surface area (Å²) < 4.78 is 0. The summed E-state index contributed by atoms with van der Waals surface area (Å²) in [6.07, 6.45) is 2.63. The highest BCUT2D eigenvalue weighted by molar-refractivity contribution is 5.94. The minimum absolute atomic E-state index is 0.0567. The lowest BCUT2D eigenvalue weighted by atomic mass is 10.1. The minimum atomic E-state index is -0.0567. The monoisotopic (exact) mass is 353 g/mol. The first-order chi connectivity index (χ1) is 12.7. The van der Waals surface area contributed by atoms with Gasteiger partial charge in [-0.05, 0) is 43.7 Å². The Morgan fingerprint density at radius 3 is 2.62 bits per heavy atom. The van der Waals surface area contributed by atoms with E-state index in [4.69, 9.17) is 0 Å². The van der Waals surface area contributed by atoms with Crippen molar-refractivity contribution in [3.63, 3.8) is 0 Å². The van der Waals surface area contributed by atoms with Gasteiger partial charge in [-0.2, -0.15) is 0 Å². The van der Waals surface area contributed by atoms with Crippen LogP contribution in [0.2, 0.25) is 0 Å². The smallest absolute Gasteiger partial charge is 0.251 e. The fourth-order valence-corrected chi connectivity index (χ4v) is 2.44. The number of guanidine groups is 1. The van der Waals surface area contributed by atoms with Gasteiger partial charge in [-0.15, -0.1) is 0 Å². The molecule has 3 N–H and O–H groups in total. The lowest BCUT2D eigenvalue weighted by Gasteiger charge is -2.11. The van der Waals surface area contributed by atoms with E-state index in [0.29, 0.717) is 18.7 Å². The van der Waals surface area contributed by atoms with Gasteiger partial charge in [0.25, 0.3) is 5.91 Å². The van der Waals surface area contributed by atoms with E-state index in [1.54, 1.807) is 6.20 Å². The number of carbonyl (C=O) groups excluding carboxylic acids is 1. The molecular formula is C20H27N5O. The van der Waals surface area contributed by atoms with Crippen molar-refractivity contribution in [3.05, 3.63) is 65.5 Å². The number of nitrogens with zero attached hydrogens (tertiary/aromatic N) is 2. The summed E-state index contributed by atoms with van der Waals surface area (Å²) in [5.74, 6) is 0.700. The fraction of sp³-hybridized carbons (Fsp3) is 0.350. The van der Waals surface area contributed by atoms with Crippen molar-refractivity contribution in [1.29, 1.82) is 0 Å². The summed E-state index contributed by atoms with van der Waals surface area (Å²) in [5.41, 5.74) is 2.70. The summed E-state index contributed by atoms with van der Waals surface area (Å²) in [5, 5.41) is 9.37. The van der Waals surface area contributed by atoms with Gasteiger partial charge in [0.15, 0.2) is 5.96 Å². The molecule has 0 aliphatic rings. The highest BCUT2D eigenvalue weighted by Crippen LogP contribution is 2.06. The van der Waals surface area contributed by atoms with Crippen LogP contribution in [-0.4, -0.2) is 36.5 Å². The molecule has 0 atom stereocenters. The molecule has 1 amide bonds. The first-order valence-corrected chi connectivity index (χ1v) is 9.02. The van der Waals surface area contributed by atoms with Crippen LogP contribution in [0.1, 0.15) is 35.5 Å². The van der Waals surface area contributed by atoms with Gasteiger partial charge in [-0.25, -0.2) is 4.99 Å². The Labute approximate surface area is 155 Å². The van der Waals surface area contributed by atoms with Gasteiger partial charge in [0, 0.05) is 43.5 Å². The first kappa shape index (κ1) is 19.4. The third kappa shape index (κ3) is 6.55. The number of aromatic nitrogens is 1. The van der Waals surface area contributed by atoms with E-state index in [1.165, 1.54) is 0 Å². The van der Waals surface area contributed by atoms with Crippen molar-refractivity contribution >= 4 is 11.9 Å². The molecule has 0 aliphatic carbocycles. The van der Waals surface area contributed by atoms with Crippen LogP contribution in [-0.2, 0) is 13.0 Å². The van der Waals surface area contributed by atoms with Crippen LogP contribution in [0.25, 0.3) is 0 Å². The Kier molecular flexibility index (Phi) is 8.12. The standard InChI is InChI=1S/C20H27N5O/c1-3-21-19(26)17-9-7-8-16(14-17)15-25-20(22-4-2)24-13-11-18-10-5-6-12-23-18/h5-10,12,14H,3-4,11,13,15H2,1-2H3,(H,21,26)(H2,22,24,25). The van der Waals surface area contributed by atoms with Crippen LogP contribution in [0.3, 0.4) is 0 Å². The summed E-state index contributed by atoms with van der Waals surface area (Å²) in [4.78, 5) is 20.9. The van der Waals surface area contributed by atoms with Crippen LogP contribution in [0.15, 0.2) is 53.7 Å². The zero-order valence-electron chi connectivity index (χ0n) is 15.5. The van der Waals surface area contributed by atoms with Crippen molar-refractivity contribution < 1.29 is 4.79 Å². The normalized spacial score (nSPS) is 11.1. The van der Waals surface area contributed by atoms with Gasteiger partial charge in [-0.3, -0.25) is 9.78 Å². The highest BCUT2D eigenvalue weighted by Gasteiger charge is 2.05. The fourth-order valence-electron chi connectivity index (χ4n) is 2.44. The molecular weight excluding hydrogens is 326 g/mol. The van der Waals surface area contributed by atoms with Gasteiger partial charge in [0.1, 0.15) is 0 Å². The molecule has 0 bridgehead atoms. The zero-order valence-corrected chi connectivity index (χ0v) is 15.5. The van der Waals surface area contributed by atoms with Crippen LogP contribution in [0.5, 0.6) is 0 Å². The number of pyridine rings is 1. The van der Waals surface area contributed by atoms with Crippen molar-refractivity contribution in [2.75, 3.05) is 19.6 Å². The molecule has 0 saturated carbocycles. The average molecular weight is 353 g/mol. The summed E-state index contributed by atoms with van der Waals surface area (Å²) in [6, 6.07) is 13.5. The maximum atomic E-state index is 11.9. The number of rotatable bonds is 8. The highest BCUT2D eigenvalue weighted by atomic mass is 16.1. The van der Waals surface area contributed by atoms with E-state index in [-0.39, 0.29) is 5.91 Å². The lowest BCUT2D eigenvalue weighted by Crippen LogP contribution is -2.38. The summed E-state index contributed by atoms with van der Waals surface area (Å²) in [7, 11) is 0. The zero-order chi connectivity index (χ0) is 18.6. The molecule has 6 nitrogen and oxygen atoms in total. The molecule has 1 aromatic carbocycles. The predicted molar refractivity (Wildman–Crippen MR) is 105 cm³/mol. The Morgan fingerprint density at radius 2 is 1.88 bits per heavy atom. The quantitative estimate of drug-likeness (QED) is 0.502. The molecule has 138 valence electrons.